The first-order chi connectivity index (χ1) is 10.6. The molecule has 0 aromatic heterocycles. The monoisotopic (exact) mass is 309 g/mol. The summed E-state index contributed by atoms with van der Waals surface area (Å²) in [6.07, 6.45) is 5.40. The van der Waals surface area contributed by atoms with E-state index in [0.29, 0.717) is 17.6 Å². The van der Waals surface area contributed by atoms with Crippen molar-refractivity contribution in [3.8, 4) is 5.75 Å². The second-order valence-corrected chi connectivity index (χ2v) is 6.29. The summed E-state index contributed by atoms with van der Waals surface area (Å²) in [6, 6.07) is 7.45. The second-order valence-electron chi connectivity index (χ2n) is 6.29. The van der Waals surface area contributed by atoms with Gasteiger partial charge in [-0.1, -0.05) is 24.6 Å². The lowest BCUT2D eigenvalue weighted by Gasteiger charge is -2.39. The molecule has 120 valence electrons. The zero-order valence-electron chi connectivity index (χ0n) is 12.4. The molecule has 22 heavy (non-hydrogen) atoms. The average Bonchev–Trinajstić information content (AvgIpc) is 2.48. The van der Waals surface area contributed by atoms with E-state index in [-0.39, 0.29) is 23.9 Å². The summed E-state index contributed by atoms with van der Waals surface area (Å²) in [4.78, 5) is 12.6. The van der Waals surface area contributed by atoms with Crippen LogP contribution in [0.4, 0.5) is 8.78 Å². The van der Waals surface area contributed by atoms with Gasteiger partial charge in [-0.2, -0.15) is 8.78 Å². The minimum absolute atomic E-state index is 0.0381. The third-order valence-electron chi connectivity index (χ3n) is 4.72. The molecule has 1 aromatic carbocycles. The van der Waals surface area contributed by atoms with Crippen molar-refractivity contribution in [1.82, 2.24) is 5.32 Å². The van der Waals surface area contributed by atoms with E-state index in [1.54, 1.807) is 18.2 Å². The van der Waals surface area contributed by atoms with Crippen LogP contribution < -0.4 is 10.1 Å². The minimum Gasteiger partial charge on any atom is -0.435 e. The van der Waals surface area contributed by atoms with Gasteiger partial charge in [0, 0.05) is 30.0 Å². The second kappa shape index (κ2) is 6.73. The van der Waals surface area contributed by atoms with Gasteiger partial charge in [-0.3, -0.25) is 4.79 Å². The maximum atomic E-state index is 12.6. The highest BCUT2D eigenvalue weighted by atomic mass is 19.3. The normalized spacial score (nSPS) is 27.7. The van der Waals surface area contributed by atoms with Crippen molar-refractivity contribution in [2.24, 2.45) is 5.92 Å². The predicted molar refractivity (Wildman–Crippen MR) is 79.1 cm³/mol. The van der Waals surface area contributed by atoms with Crippen molar-refractivity contribution in [1.29, 1.82) is 0 Å². The van der Waals surface area contributed by atoms with Crippen LogP contribution in [-0.4, -0.2) is 24.5 Å². The predicted octanol–water partition coefficient (Wildman–Crippen LogP) is 3.32. The fraction of sp³-hybridized carbons (Fsp3) is 0.588. The number of piperidine rings is 2. The van der Waals surface area contributed by atoms with E-state index in [0.717, 1.165) is 25.7 Å². The topological polar surface area (TPSA) is 38.3 Å². The Kier molecular flexibility index (Phi) is 4.71. The Morgan fingerprint density at radius 3 is 2.59 bits per heavy atom. The molecule has 3 nitrogen and oxygen atoms in total. The van der Waals surface area contributed by atoms with Gasteiger partial charge in [0.2, 0.25) is 0 Å². The lowest BCUT2D eigenvalue weighted by Crippen LogP contribution is -2.50. The number of Topliss-reactive ketones (excluding diaryl/α,β-unsaturated/α-hetero) is 1. The molecular weight excluding hydrogens is 288 g/mol. The number of carbonyl (C=O) groups excluding carboxylic acids is 1. The highest BCUT2D eigenvalue weighted by Crippen LogP contribution is 2.31. The first-order valence-electron chi connectivity index (χ1n) is 7.93. The van der Waals surface area contributed by atoms with Crippen LogP contribution in [0.25, 0.3) is 0 Å². The number of ether oxygens (including phenoxy) is 1. The number of hydrogen-bond donors (Lipinski definition) is 1. The van der Waals surface area contributed by atoms with Crippen LogP contribution in [0.3, 0.4) is 0 Å². The Morgan fingerprint density at radius 2 is 1.91 bits per heavy atom. The Balaban J connectivity index is 1.66. The number of para-hydroxylation sites is 1. The van der Waals surface area contributed by atoms with E-state index in [1.807, 2.05) is 0 Å². The highest BCUT2D eigenvalue weighted by molar-refractivity contribution is 5.84. The maximum absolute atomic E-state index is 12.6. The smallest absolute Gasteiger partial charge is 0.387 e. The lowest BCUT2D eigenvalue weighted by atomic mass is 9.77. The number of nitrogens with one attached hydrogen (secondary N) is 1. The molecule has 0 amide bonds. The first kappa shape index (κ1) is 15.4. The number of alkyl halides is 2. The molecule has 2 unspecified atom stereocenters. The summed E-state index contributed by atoms with van der Waals surface area (Å²) in [7, 11) is 0. The average molecular weight is 309 g/mol. The molecule has 1 aromatic rings. The minimum atomic E-state index is -2.87. The zero-order valence-corrected chi connectivity index (χ0v) is 12.4. The molecule has 2 heterocycles. The molecule has 0 aliphatic carbocycles. The standard InChI is InChI=1S/C17H21F2NO2/c18-17(19)22-16-7-2-1-4-11(16)10-15(21)12-8-13-5-3-6-14(9-12)20-13/h1-2,4,7,12-14,17,20H,3,5-6,8-10H2. The van der Waals surface area contributed by atoms with Gasteiger partial charge in [-0.25, -0.2) is 0 Å². The van der Waals surface area contributed by atoms with Crippen LogP contribution in [0.2, 0.25) is 0 Å². The van der Waals surface area contributed by atoms with Crippen LogP contribution in [0.5, 0.6) is 5.75 Å². The van der Waals surface area contributed by atoms with Gasteiger partial charge >= 0.3 is 6.61 Å². The Bertz CT molecular complexity index is 523. The van der Waals surface area contributed by atoms with Gasteiger partial charge in [0.05, 0.1) is 0 Å². The number of benzene rings is 1. The molecule has 3 rings (SSSR count). The number of carbonyl (C=O) groups is 1. The quantitative estimate of drug-likeness (QED) is 0.907. The number of rotatable bonds is 5. The van der Waals surface area contributed by atoms with Gasteiger partial charge in [-0.15, -0.1) is 0 Å². The molecule has 5 heteroatoms. The largest absolute Gasteiger partial charge is 0.435 e. The molecule has 0 spiro atoms. The molecule has 2 bridgehead atoms. The molecule has 2 saturated heterocycles. The van der Waals surface area contributed by atoms with Crippen molar-refractivity contribution in [2.75, 3.05) is 0 Å². The number of fused-ring (bicyclic) bond motifs is 2. The molecule has 1 N–H and O–H groups in total. The Hall–Kier alpha value is -1.49. The number of hydrogen-bond acceptors (Lipinski definition) is 3. The zero-order chi connectivity index (χ0) is 15.5. The summed E-state index contributed by atoms with van der Waals surface area (Å²) in [5.74, 6) is 0.292. The Morgan fingerprint density at radius 1 is 1.23 bits per heavy atom. The number of halogens is 2. The molecule has 2 atom stereocenters. The summed E-state index contributed by atoms with van der Waals surface area (Å²) in [6.45, 7) is -2.87. The van der Waals surface area contributed by atoms with E-state index < -0.39 is 6.61 Å². The van der Waals surface area contributed by atoms with E-state index >= 15 is 0 Å². The van der Waals surface area contributed by atoms with Crippen molar-refractivity contribution < 1.29 is 18.3 Å². The molecular formula is C17H21F2NO2. The summed E-state index contributed by atoms with van der Waals surface area (Å²) < 4.78 is 29.4. The van der Waals surface area contributed by atoms with Crippen LogP contribution in [0.1, 0.15) is 37.7 Å². The van der Waals surface area contributed by atoms with Crippen molar-refractivity contribution >= 4 is 5.78 Å². The maximum Gasteiger partial charge on any atom is 0.387 e. The van der Waals surface area contributed by atoms with E-state index in [9.17, 15) is 13.6 Å². The molecule has 2 aliphatic rings. The molecule has 0 saturated carbocycles. The van der Waals surface area contributed by atoms with E-state index in [4.69, 9.17) is 0 Å². The third-order valence-corrected chi connectivity index (χ3v) is 4.72. The highest BCUT2D eigenvalue weighted by Gasteiger charge is 2.34. The van der Waals surface area contributed by atoms with Crippen LogP contribution in [-0.2, 0) is 11.2 Å². The van der Waals surface area contributed by atoms with Crippen molar-refractivity contribution in [3.05, 3.63) is 29.8 Å². The van der Waals surface area contributed by atoms with Crippen molar-refractivity contribution in [3.63, 3.8) is 0 Å². The molecule has 0 radical (unpaired) electrons. The first-order valence-corrected chi connectivity index (χ1v) is 7.93. The fourth-order valence-electron chi connectivity index (χ4n) is 3.72. The van der Waals surface area contributed by atoms with E-state index in [1.165, 1.54) is 12.5 Å². The van der Waals surface area contributed by atoms with Crippen LogP contribution >= 0.6 is 0 Å². The van der Waals surface area contributed by atoms with Crippen molar-refractivity contribution in [2.45, 2.75) is 57.2 Å². The van der Waals surface area contributed by atoms with Crippen LogP contribution in [0.15, 0.2) is 24.3 Å². The lowest BCUT2D eigenvalue weighted by molar-refractivity contribution is -0.124. The van der Waals surface area contributed by atoms with Gasteiger partial charge in [-0.05, 0) is 31.7 Å². The Labute approximate surface area is 129 Å². The third kappa shape index (κ3) is 3.64. The summed E-state index contributed by atoms with van der Waals surface area (Å²) in [5, 5.41) is 3.56. The number of ketones is 1. The van der Waals surface area contributed by atoms with Gasteiger partial charge < -0.3 is 10.1 Å². The molecule has 2 aliphatic heterocycles. The SMILES string of the molecule is O=C(Cc1ccccc1OC(F)F)C1CC2CCCC(C1)N2. The van der Waals surface area contributed by atoms with Gasteiger partial charge in [0.1, 0.15) is 11.5 Å². The van der Waals surface area contributed by atoms with Crippen LogP contribution in [0, 0.1) is 5.92 Å². The van der Waals surface area contributed by atoms with E-state index in [2.05, 4.69) is 10.1 Å². The van der Waals surface area contributed by atoms with Gasteiger partial charge in [0.25, 0.3) is 0 Å². The summed E-state index contributed by atoms with van der Waals surface area (Å²) >= 11 is 0. The fourth-order valence-corrected chi connectivity index (χ4v) is 3.72. The van der Waals surface area contributed by atoms with Gasteiger partial charge in [0.15, 0.2) is 0 Å². The summed E-state index contributed by atoms with van der Waals surface area (Å²) in [5.41, 5.74) is 0.552. The molecule has 2 fully saturated rings.